The second kappa shape index (κ2) is 6.43. The summed E-state index contributed by atoms with van der Waals surface area (Å²) in [6, 6.07) is 1.73. The first-order chi connectivity index (χ1) is 12.2. The standard InChI is InChI=1S/C16H16F2N2O6/c1-3-24-14(22)10-7-13(21)20(10)15(23)19-8(2)9-4-5-11-12(6-9)26-16(17,18)25-11/h4-6,8,10H,3,7H2,1-2H3,(H,19,23). The van der Waals surface area contributed by atoms with Crippen LogP contribution in [0.5, 0.6) is 11.5 Å². The molecule has 1 aromatic rings. The van der Waals surface area contributed by atoms with Crippen LogP contribution in [0.3, 0.4) is 0 Å². The molecule has 140 valence electrons. The molecule has 10 heteroatoms. The highest BCUT2D eigenvalue weighted by atomic mass is 19.3. The molecule has 2 unspecified atom stereocenters. The van der Waals surface area contributed by atoms with Gasteiger partial charge in [0.1, 0.15) is 6.04 Å². The smallest absolute Gasteiger partial charge is 0.464 e. The number of urea groups is 1. The van der Waals surface area contributed by atoms with E-state index in [-0.39, 0.29) is 24.5 Å². The van der Waals surface area contributed by atoms with Crippen LogP contribution in [0.4, 0.5) is 13.6 Å². The van der Waals surface area contributed by atoms with Crippen molar-refractivity contribution < 1.29 is 37.4 Å². The highest BCUT2D eigenvalue weighted by molar-refractivity contribution is 6.06. The van der Waals surface area contributed by atoms with Crippen molar-refractivity contribution in [2.75, 3.05) is 6.61 Å². The van der Waals surface area contributed by atoms with Gasteiger partial charge in [0.25, 0.3) is 0 Å². The fourth-order valence-electron chi connectivity index (χ4n) is 2.67. The van der Waals surface area contributed by atoms with Crippen molar-refractivity contribution in [1.82, 2.24) is 10.2 Å². The van der Waals surface area contributed by atoms with Gasteiger partial charge in [0.05, 0.1) is 19.1 Å². The second-order valence-electron chi connectivity index (χ2n) is 5.78. The van der Waals surface area contributed by atoms with Crippen LogP contribution in [-0.4, -0.2) is 41.8 Å². The van der Waals surface area contributed by atoms with Gasteiger partial charge in [-0.2, -0.15) is 0 Å². The van der Waals surface area contributed by atoms with E-state index in [0.717, 1.165) is 4.90 Å². The van der Waals surface area contributed by atoms with E-state index >= 15 is 0 Å². The molecule has 1 aromatic carbocycles. The van der Waals surface area contributed by atoms with Crippen LogP contribution in [0.2, 0.25) is 0 Å². The zero-order valence-corrected chi connectivity index (χ0v) is 14.0. The number of nitrogens with zero attached hydrogens (tertiary/aromatic N) is 1. The maximum absolute atomic E-state index is 13.1. The molecule has 1 fully saturated rings. The van der Waals surface area contributed by atoms with E-state index in [9.17, 15) is 23.2 Å². The molecule has 2 heterocycles. The summed E-state index contributed by atoms with van der Waals surface area (Å²) in [6.45, 7) is 3.35. The first-order valence-corrected chi connectivity index (χ1v) is 7.91. The van der Waals surface area contributed by atoms with Crippen LogP contribution in [0.25, 0.3) is 0 Å². The predicted molar refractivity (Wildman–Crippen MR) is 81.5 cm³/mol. The Kier molecular flexibility index (Phi) is 4.43. The van der Waals surface area contributed by atoms with E-state index in [1.807, 2.05) is 0 Å². The van der Waals surface area contributed by atoms with Crippen molar-refractivity contribution in [2.24, 2.45) is 0 Å². The fraction of sp³-hybridized carbons (Fsp3) is 0.438. The summed E-state index contributed by atoms with van der Waals surface area (Å²) in [5.74, 6) is -1.42. The number of likely N-dealkylation sites (tertiary alicyclic amines) is 1. The molecule has 0 spiro atoms. The molecule has 26 heavy (non-hydrogen) atoms. The Balaban J connectivity index is 1.67. The third kappa shape index (κ3) is 3.26. The minimum absolute atomic E-state index is 0.0975. The Bertz CT molecular complexity index is 769. The van der Waals surface area contributed by atoms with Crippen molar-refractivity contribution in [1.29, 1.82) is 0 Å². The van der Waals surface area contributed by atoms with Gasteiger partial charge < -0.3 is 19.5 Å². The van der Waals surface area contributed by atoms with Crippen molar-refractivity contribution in [3.8, 4) is 11.5 Å². The number of carbonyl (C=O) groups is 3. The normalized spacial score (nSPS) is 21.0. The van der Waals surface area contributed by atoms with Crippen LogP contribution in [0.15, 0.2) is 18.2 Å². The molecule has 0 bridgehead atoms. The Morgan fingerprint density at radius 1 is 1.38 bits per heavy atom. The summed E-state index contributed by atoms with van der Waals surface area (Å²) in [5.41, 5.74) is 0.457. The van der Waals surface area contributed by atoms with Crippen molar-refractivity contribution in [3.05, 3.63) is 23.8 Å². The topological polar surface area (TPSA) is 94.2 Å². The number of esters is 1. The summed E-state index contributed by atoms with van der Waals surface area (Å²) in [4.78, 5) is 36.5. The molecule has 2 aliphatic rings. The van der Waals surface area contributed by atoms with Gasteiger partial charge in [-0.1, -0.05) is 6.07 Å². The molecule has 3 rings (SSSR count). The van der Waals surface area contributed by atoms with Gasteiger partial charge >= 0.3 is 18.3 Å². The number of halogens is 2. The van der Waals surface area contributed by atoms with Gasteiger partial charge in [-0.3, -0.25) is 4.79 Å². The van der Waals surface area contributed by atoms with Gasteiger partial charge in [0.2, 0.25) is 5.91 Å². The lowest BCUT2D eigenvalue weighted by molar-refractivity contribution is -0.286. The summed E-state index contributed by atoms with van der Waals surface area (Å²) in [7, 11) is 0. The maximum Gasteiger partial charge on any atom is 0.586 e. The lowest BCUT2D eigenvalue weighted by Crippen LogP contribution is -2.62. The minimum atomic E-state index is -3.73. The van der Waals surface area contributed by atoms with Gasteiger partial charge in [0, 0.05) is 0 Å². The number of benzene rings is 1. The summed E-state index contributed by atoms with van der Waals surface area (Å²) in [5, 5.41) is 2.54. The number of alkyl halides is 2. The number of nitrogens with one attached hydrogen (secondary N) is 1. The predicted octanol–water partition coefficient (Wildman–Crippen LogP) is 1.94. The van der Waals surface area contributed by atoms with Gasteiger partial charge in [-0.25, -0.2) is 14.5 Å². The zero-order chi connectivity index (χ0) is 19.1. The minimum Gasteiger partial charge on any atom is -0.464 e. The lowest BCUT2D eigenvalue weighted by atomic mass is 10.0. The van der Waals surface area contributed by atoms with Crippen LogP contribution in [0.1, 0.15) is 31.9 Å². The third-order valence-electron chi connectivity index (χ3n) is 3.99. The quantitative estimate of drug-likeness (QED) is 0.643. The van der Waals surface area contributed by atoms with Crippen molar-refractivity contribution >= 4 is 17.9 Å². The summed E-state index contributed by atoms with van der Waals surface area (Å²) in [6.07, 6.45) is -3.83. The number of rotatable bonds is 4. The summed E-state index contributed by atoms with van der Waals surface area (Å²) < 4.78 is 39.6. The number of fused-ring (bicyclic) bond motifs is 1. The summed E-state index contributed by atoms with van der Waals surface area (Å²) >= 11 is 0. The Morgan fingerprint density at radius 3 is 2.73 bits per heavy atom. The molecule has 0 aromatic heterocycles. The van der Waals surface area contributed by atoms with E-state index in [1.165, 1.54) is 18.2 Å². The van der Waals surface area contributed by atoms with E-state index in [2.05, 4.69) is 14.8 Å². The van der Waals surface area contributed by atoms with Crippen molar-refractivity contribution in [3.63, 3.8) is 0 Å². The second-order valence-corrected chi connectivity index (χ2v) is 5.78. The molecule has 0 aliphatic carbocycles. The largest absolute Gasteiger partial charge is 0.586 e. The molecule has 2 aliphatic heterocycles. The van der Waals surface area contributed by atoms with Gasteiger partial charge in [0.15, 0.2) is 11.5 Å². The molecule has 3 amide bonds. The number of ether oxygens (including phenoxy) is 3. The number of β-lactam (4-membered cyclic amide) rings is 1. The van der Waals surface area contributed by atoms with Crippen LogP contribution >= 0.6 is 0 Å². The van der Waals surface area contributed by atoms with E-state index < -0.39 is 36.3 Å². The molecule has 1 saturated heterocycles. The highest BCUT2D eigenvalue weighted by Gasteiger charge is 2.47. The molecule has 0 radical (unpaired) electrons. The fourth-order valence-corrected chi connectivity index (χ4v) is 2.67. The van der Waals surface area contributed by atoms with E-state index in [1.54, 1.807) is 13.8 Å². The number of carbonyl (C=O) groups excluding carboxylic acids is 3. The number of hydrogen-bond acceptors (Lipinski definition) is 6. The molecule has 8 nitrogen and oxygen atoms in total. The van der Waals surface area contributed by atoms with Crippen molar-refractivity contribution in [2.45, 2.75) is 38.6 Å². The number of amides is 3. The number of imide groups is 1. The highest BCUT2D eigenvalue weighted by Crippen LogP contribution is 2.42. The van der Waals surface area contributed by atoms with E-state index in [4.69, 9.17) is 4.74 Å². The molecular weight excluding hydrogens is 354 g/mol. The first-order valence-electron chi connectivity index (χ1n) is 7.91. The zero-order valence-electron chi connectivity index (χ0n) is 14.0. The Labute approximate surface area is 147 Å². The van der Waals surface area contributed by atoms with Gasteiger partial charge in [-0.05, 0) is 31.5 Å². The van der Waals surface area contributed by atoms with Crippen LogP contribution < -0.4 is 14.8 Å². The lowest BCUT2D eigenvalue weighted by Gasteiger charge is -2.37. The monoisotopic (exact) mass is 370 g/mol. The Hall–Kier alpha value is -2.91. The molecule has 1 N–H and O–H groups in total. The number of hydrogen-bond donors (Lipinski definition) is 1. The SMILES string of the molecule is CCOC(=O)C1CC(=O)N1C(=O)NC(C)c1ccc2c(c1)OC(F)(F)O2. The van der Waals surface area contributed by atoms with Gasteiger partial charge in [-0.15, -0.1) is 8.78 Å². The maximum atomic E-state index is 13.1. The third-order valence-corrected chi connectivity index (χ3v) is 3.99. The average Bonchev–Trinajstić information content (AvgIpc) is 2.84. The molecular formula is C16H16F2N2O6. The average molecular weight is 370 g/mol. The van der Waals surface area contributed by atoms with E-state index in [0.29, 0.717) is 5.56 Å². The molecule has 0 saturated carbocycles. The molecule has 2 atom stereocenters. The van der Waals surface area contributed by atoms with Crippen LogP contribution in [0, 0.1) is 0 Å². The van der Waals surface area contributed by atoms with Crippen LogP contribution in [-0.2, 0) is 14.3 Å². The first kappa shape index (κ1) is 17.9. The Morgan fingerprint density at radius 2 is 2.08 bits per heavy atom.